The molecule has 0 heterocycles. The highest BCUT2D eigenvalue weighted by Gasteiger charge is 2.13. The van der Waals surface area contributed by atoms with Crippen molar-refractivity contribution in [1.29, 1.82) is 0 Å². The highest BCUT2D eigenvalue weighted by Crippen LogP contribution is 2.29. The first-order chi connectivity index (χ1) is 7.22. The Kier molecular flexibility index (Phi) is 4.67. The van der Waals surface area contributed by atoms with Gasteiger partial charge in [-0.15, -0.1) is 12.3 Å². The molecule has 80 valence electrons. The van der Waals surface area contributed by atoms with Crippen LogP contribution in [-0.4, -0.2) is 14.2 Å². The molecule has 1 aromatic carbocycles. The molecule has 1 unspecified atom stereocenters. The number of hydrogen-bond donors (Lipinski definition) is 1. The molecule has 15 heavy (non-hydrogen) atoms. The fourth-order valence-corrected chi connectivity index (χ4v) is 1.80. The van der Waals surface area contributed by atoms with Crippen LogP contribution in [0.3, 0.4) is 0 Å². The molecular weight excluding hydrogens is 254 g/mol. The standard InChI is InChI=1S/C12H14BrNO/c1-4-5-11(14-2)10-7-6-9(13)8-12(10)15-3/h1,6-8,11,14H,5H2,2-3H3. The summed E-state index contributed by atoms with van der Waals surface area (Å²) < 4.78 is 6.32. The molecule has 0 fully saturated rings. The van der Waals surface area contributed by atoms with Crippen LogP contribution in [0.1, 0.15) is 18.0 Å². The van der Waals surface area contributed by atoms with Crippen molar-refractivity contribution < 1.29 is 4.74 Å². The molecule has 1 atom stereocenters. The Morgan fingerprint density at radius 3 is 2.87 bits per heavy atom. The van der Waals surface area contributed by atoms with Gasteiger partial charge in [0.1, 0.15) is 5.75 Å². The lowest BCUT2D eigenvalue weighted by molar-refractivity contribution is 0.402. The third-order valence-electron chi connectivity index (χ3n) is 2.24. The third-order valence-corrected chi connectivity index (χ3v) is 2.73. The van der Waals surface area contributed by atoms with E-state index in [1.54, 1.807) is 7.11 Å². The topological polar surface area (TPSA) is 21.3 Å². The summed E-state index contributed by atoms with van der Waals surface area (Å²) in [6, 6.07) is 6.08. The number of halogens is 1. The van der Waals surface area contributed by atoms with Crippen molar-refractivity contribution in [2.75, 3.05) is 14.2 Å². The largest absolute Gasteiger partial charge is 0.496 e. The average Bonchev–Trinajstić information content (AvgIpc) is 2.26. The van der Waals surface area contributed by atoms with Gasteiger partial charge in [0.15, 0.2) is 0 Å². The minimum atomic E-state index is 0.137. The summed E-state index contributed by atoms with van der Waals surface area (Å²) in [6.07, 6.45) is 5.97. The second kappa shape index (κ2) is 5.79. The zero-order valence-corrected chi connectivity index (χ0v) is 10.5. The van der Waals surface area contributed by atoms with E-state index in [1.165, 1.54) is 0 Å². The minimum absolute atomic E-state index is 0.137. The molecule has 0 bridgehead atoms. The molecule has 0 saturated heterocycles. The molecule has 0 amide bonds. The number of ether oxygens (including phenoxy) is 1. The van der Waals surface area contributed by atoms with Gasteiger partial charge in [-0.1, -0.05) is 22.0 Å². The smallest absolute Gasteiger partial charge is 0.124 e. The number of terminal acetylenes is 1. The van der Waals surface area contributed by atoms with Gasteiger partial charge in [0.25, 0.3) is 0 Å². The molecular formula is C12H14BrNO. The Labute approximate surface area is 99.2 Å². The van der Waals surface area contributed by atoms with Crippen molar-refractivity contribution in [2.24, 2.45) is 0 Å². The van der Waals surface area contributed by atoms with E-state index in [2.05, 4.69) is 27.2 Å². The van der Waals surface area contributed by atoms with E-state index < -0.39 is 0 Å². The first-order valence-corrected chi connectivity index (χ1v) is 5.46. The third kappa shape index (κ3) is 2.98. The molecule has 0 saturated carbocycles. The summed E-state index contributed by atoms with van der Waals surface area (Å²) in [5, 5.41) is 3.18. The Morgan fingerprint density at radius 1 is 1.60 bits per heavy atom. The number of methoxy groups -OCH3 is 1. The highest BCUT2D eigenvalue weighted by atomic mass is 79.9. The maximum atomic E-state index is 5.32. The van der Waals surface area contributed by atoms with Gasteiger partial charge in [0.2, 0.25) is 0 Å². The number of hydrogen-bond acceptors (Lipinski definition) is 2. The number of benzene rings is 1. The Balaban J connectivity index is 3.06. The SMILES string of the molecule is C#CCC(NC)c1ccc(Br)cc1OC. The van der Waals surface area contributed by atoms with E-state index in [0.29, 0.717) is 6.42 Å². The highest BCUT2D eigenvalue weighted by molar-refractivity contribution is 9.10. The molecule has 0 spiro atoms. The van der Waals surface area contributed by atoms with E-state index in [-0.39, 0.29) is 6.04 Å². The predicted molar refractivity (Wildman–Crippen MR) is 65.9 cm³/mol. The monoisotopic (exact) mass is 267 g/mol. The van der Waals surface area contributed by atoms with Crippen LogP contribution < -0.4 is 10.1 Å². The summed E-state index contributed by atoms with van der Waals surface area (Å²) >= 11 is 3.41. The minimum Gasteiger partial charge on any atom is -0.496 e. The normalized spacial score (nSPS) is 11.9. The van der Waals surface area contributed by atoms with Gasteiger partial charge in [0.05, 0.1) is 7.11 Å². The molecule has 1 aromatic rings. The van der Waals surface area contributed by atoms with Gasteiger partial charge in [-0.2, -0.15) is 0 Å². The van der Waals surface area contributed by atoms with Crippen LogP contribution in [0.25, 0.3) is 0 Å². The summed E-state index contributed by atoms with van der Waals surface area (Å²) in [5.74, 6) is 3.50. The maximum absolute atomic E-state index is 5.32. The van der Waals surface area contributed by atoms with Crippen LogP contribution in [-0.2, 0) is 0 Å². The number of rotatable bonds is 4. The van der Waals surface area contributed by atoms with Crippen LogP contribution in [0.15, 0.2) is 22.7 Å². The lowest BCUT2D eigenvalue weighted by atomic mass is 10.0. The molecule has 0 aliphatic rings. The Morgan fingerprint density at radius 2 is 2.33 bits per heavy atom. The molecule has 0 aliphatic carbocycles. The lowest BCUT2D eigenvalue weighted by Crippen LogP contribution is -2.16. The van der Waals surface area contributed by atoms with Crippen molar-refractivity contribution in [1.82, 2.24) is 5.32 Å². The van der Waals surface area contributed by atoms with Crippen molar-refractivity contribution in [3.05, 3.63) is 28.2 Å². The fourth-order valence-electron chi connectivity index (χ4n) is 1.46. The first-order valence-electron chi connectivity index (χ1n) is 4.67. The van der Waals surface area contributed by atoms with Crippen molar-refractivity contribution in [3.8, 4) is 18.1 Å². The predicted octanol–water partition coefficient (Wildman–Crippen LogP) is 2.74. The molecule has 0 aromatic heterocycles. The van der Waals surface area contributed by atoms with E-state index in [9.17, 15) is 0 Å². The van der Waals surface area contributed by atoms with E-state index in [0.717, 1.165) is 15.8 Å². The van der Waals surface area contributed by atoms with Gasteiger partial charge in [0, 0.05) is 22.5 Å². The van der Waals surface area contributed by atoms with Crippen LogP contribution in [0.2, 0.25) is 0 Å². The zero-order valence-electron chi connectivity index (χ0n) is 8.88. The molecule has 0 aliphatic heterocycles. The van der Waals surface area contributed by atoms with E-state index >= 15 is 0 Å². The summed E-state index contributed by atoms with van der Waals surface area (Å²) in [4.78, 5) is 0. The van der Waals surface area contributed by atoms with Gasteiger partial charge in [-0.05, 0) is 19.2 Å². The maximum Gasteiger partial charge on any atom is 0.124 e. The van der Waals surface area contributed by atoms with Gasteiger partial charge >= 0.3 is 0 Å². The molecule has 0 radical (unpaired) electrons. The second-order valence-corrected chi connectivity index (χ2v) is 4.05. The van der Waals surface area contributed by atoms with Gasteiger partial charge < -0.3 is 10.1 Å². The van der Waals surface area contributed by atoms with E-state index in [1.807, 2.05) is 25.2 Å². The fraction of sp³-hybridized carbons (Fsp3) is 0.333. The number of nitrogens with one attached hydrogen (secondary N) is 1. The van der Waals surface area contributed by atoms with Gasteiger partial charge in [-0.25, -0.2) is 0 Å². The average molecular weight is 268 g/mol. The van der Waals surface area contributed by atoms with Crippen LogP contribution >= 0.6 is 15.9 Å². The van der Waals surface area contributed by atoms with Crippen LogP contribution in [0.5, 0.6) is 5.75 Å². The van der Waals surface area contributed by atoms with Crippen molar-refractivity contribution in [3.63, 3.8) is 0 Å². The van der Waals surface area contributed by atoms with Crippen molar-refractivity contribution in [2.45, 2.75) is 12.5 Å². The zero-order chi connectivity index (χ0) is 11.3. The summed E-state index contributed by atoms with van der Waals surface area (Å²) in [6.45, 7) is 0. The summed E-state index contributed by atoms with van der Waals surface area (Å²) in [5.41, 5.74) is 1.08. The van der Waals surface area contributed by atoms with Crippen LogP contribution in [0, 0.1) is 12.3 Å². The molecule has 1 N–H and O–H groups in total. The van der Waals surface area contributed by atoms with E-state index in [4.69, 9.17) is 11.2 Å². The Hall–Kier alpha value is -0.980. The first kappa shape index (κ1) is 12.1. The lowest BCUT2D eigenvalue weighted by Gasteiger charge is -2.17. The quantitative estimate of drug-likeness (QED) is 0.848. The van der Waals surface area contributed by atoms with Crippen molar-refractivity contribution >= 4 is 15.9 Å². The summed E-state index contributed by atoms with van der Waals surface area (Å²) in [7, 11) is 3.55. The second-order valence-electron chi connectivity index (χ2n) is 3.14. The van der Waals surface area contributed by atoms with Gasteiger partial charge in [-0.3, -0.25) is 0 Å². The molecule has 1 rings (SSSR count). The molecule has 3 heteroatoms. The molecule has 2 nitrogen and oxygen atoms in total. The Bertz CT molecular complexity index is 370. The van der Waals surface area contributed by atoms with Crippen LogP contribution in [0.4, 0.5) is 0 Å².